The number of thiazole rings is 1. The smallest absolute Gasteiger partial charge is 0.273 e. The molecule has 0 aliphatic carbocycles. The summed E-state index contributed by atoms with van der Waals surface area (Å²) in [7, 11) is 0. The largest absolute Gasteiger partial charge is 0.331 e. The van der Waals surface area contributed by atoms with Crippen LogP contribution in [0.5, 0.6) is 0 Å². The van der Waals surface area contributed by atoms with Crippen LogP contribution in [0.25, 0.3) is 0 Å². The predicted molar refractivity (Wildman–Crippen MR) is 71.8 cm³/mol. The van der Waals surface area contributed by atoms with Crippen LogP contribution in [0.1, 0.15) is 41.2 Å². The maximum Gasteiger partial charge on any atom is 0.273 e. The van der Waals surface area contributed by atoms with Crippen LogP contribution in [-0.2, 0) is 0 Å². The monoisotopic (exact) mass is 314 g/mol. The average Bonchev–Trinajstić information content (AvgIpc) is 2.81. The molecule has 0 spiro atoms. The molecule has 2 atom stereocenters. The fraction of sp³-hybridized carbons (Fsp3) is 0.667. The molecule has 1 amide bonds. The molecule has 0 saturated carbocycles. The zero-order chi connectivity index (χ0) is 12.0. The lowest BCUT2D eigenvalue weighted by Crippen LogP contribution is -2.46. The van der Waals surface area contributed by atoms with E-state index in [0.29, 0.717) is 22.6 Å². The van der Waals surface area contributed by atoms with Crippen LogP contribution in [-0.4, -0.2) is 32.7 Å². The first-order valence-electron chi connectivity index (χ1n) is 6.04. The summed E-state index contributed by atoms with van der Waals surface area (Å²) in [6, 6.07) is 0.847. The lowest BCUT2D eigenvalue weighted by molar-refractivity contribution is 0.0598. The normalized spacial score (nSPS) is 31.9. The third-order valence-electron chi connectivity index (χ3n) is 3.75. The van der Waals surface area contributed by atoms with Crippen molar-refractivity contribution >= 4 is 33.2 Å². The van der Waals surface area contributed by atoms with Crippen LogP contribution >= 0.6 is 27.3 Å². The summed E-state index contributed by atoms with van der Waals surface area (Å²) >= 11 is 5.25. The van der Waals surface area contributed by atoms with Gasteiger partial charge in [-0.2, -0.15) is 0 Å². The van der Waals surface area contributed by atoms with Crippen LogP contribution in [0, 0.1) is 6.92 Å². The molecule has 2 bridgehead atoms. The summed E-state index contributed by atoms with van der Waals surface area (Å²) in [6.07, 6.45) is 4.49. The van der Waals surface area contributed by atoms with Crippen molar-refractivity contribution in [2.75, 3.05) is 0 Å². The lowest BCUT2D eigenvalue weighted by atomic mass is 10.0. The maximum absolute atomic E-state index is 12.4. The third kappa shape index (κ3) is 2.03. The Morgan fingerprint density at radius 2 is 2.12 bits per heavy atom. The van der Waals surface area contributed by atoms with Gasteiger partial charge in [-0.25, -0.2) is 4.98 Å². The number of rotatable bonds is 1. The van der Waals surface area contributed by atoms with E-state index in [0.717, 1.165) is 30.7 Å². The minimum Gasteiger partial charge on any atom is -0.331 e. The number of hydrogen-bond donors (Lipinski definition) is 0. The standard InChI is InChI=1S/C12H15BrN2OS/c1-7-14-11(6-17-7)12(16)15-9-2-3-10(15)5-8(13)4-9/h6,8-10H,2-5H2,1H3. The third-order valence-corrected chi connectivity index (χ3v) is 5.27. The second-order valence-corrected chi connectivity index (χ2v) is 7.28. The number of aryl methyl sites for hydroxylation is 1. The SMILES string of the molecule is Cc1nc(C(=O)N2C3CCC2CC(Br)C3)cs1. The molecule has 2 aliphatic heterocycles. The average molecular weight is 315 g/mol. The number of halogens is 1. The maximum atomic E-state index is 12.4. The molecule has 2 fully saturated rings. The Bertz CT molecular complexity index is 433. The zero-order valence-corrected chi connectivity index (χ0v) is 12.1. The Morgan fingerprint density at radius 1 is 1.47 bits per heavy atom. The molecule has 5 heteroatoms. The summed E-state index contributed by atoms with van der Waals surface area (Å²) in [5.74, 6) is 0.140. The quantitative estimate of drug-likeness (QED) is 0.747. The number of nitrogens with zero attached hydrogens (tertiary/aromatic N) is 2. The van der Waals surface area contributed by atoms with Crippen molar-refractivity contribution in [3.05, 3.63) is 16.1 Å². The number of carbonyl (C=O) groups is 1. The van der Waals surface area contributed by atoms with E-state index in [4.69, 9.17) is 0 Å². The molecule has 2 saturated heterocycles. The summed E-state index contributed by atoms with van der Waals surface area (Å²) in [5.41, 5.74) is 0.637. The van der Waals surface area contributed by atoms with Crippen LogP contribution in [0.4, 0.5) is 0 Å². The second kappa shape index (κ2) is 4.35. The fourth-order valence-electron chi connectivity index (χ4n) is 3.04. The minimum absolute atomic E-state index is 0.140. The molecule has 0 radical (unpaired) electrons. The molecule has 2 aliphatic rings. The molecular weight excluding hydrogens is 300 g/mol. The minimum atomic E-state index is 0.140. The molecule has 3 heterocycles. The van der Waals surface area contributed by atoms with E-state index in [1.54, 1.807) is 11.3 Å². The summed E-state index contributed by atoms with van der Waals surface area (Å²) in [6.45, 7) is 1.95. The van der Waals surface area contributed by atoms with Crippen molar-refractivity contribution in [1.29, 1.82) is 0 Å². The summed E-state index contributed by atoms with van der Waals surface area (Å²) in [5, 5.41) is 2.85. The first-order chi connectivity index (χ1) is 8.15. The Labute approximate surface area is 113 Å². The molecule has 0 aromatic carbocycles. The highest BCUT2D eigenvalue weighted by atomic mass is 79.9. The fourth-order valence-corrected chi connectivity index (χ4v) is 4.49. The van der Waals surface area contributed by atoms with Crippen LogP contribution in [0.2, 0.25) is 0 Å². The number of piperidine rings is 1. The highest BCUT2D eigenvalue weighted by Gasteiger charge is 2.43. The van der Waals surface area contributed by atoms with Gasteiger partial charge in [-0.15, -0.1) is 11.3 Å². The van der Waals surface area contributed by atoms with Gasteiger partial charge in [-0.05, 0) is 32.6 Å². The van der Waals surface area contributed by atoms with Gasteiger partial charge in [-0.3, -0.25) is 4.79 Å². The molecule has 1 aromatic rings. The Kier molecular flexibility index (Phi) is 2.99. The molecule has 3 rings (SSSR count). The Balaban J connectivity index is 1.83. The van der Waals surface area contributed by atoms with Gasteiger partial charge in [0.15, 0.2) is 0 Å². The predicted octanol–water partition coefficient (Wildman–Crippen LogP) is 2.98. The zero-order valence-electron chi connectivity index (χ0n) is 9.73. The van der Waals surface area contributed by atoms with Crippen molar-refractivity contribution in [3.8, 4) is 0 Å². The van der Waals surface area contributed by atoms with Crippen molar-refractivity contribution in [2.45, 2.75) is 49.5 Å². The Morgan fingerprint density at radius 3 is 2.65 bits per heavy atom. The van der Waals surface area contributed by atoms with Crippen LogP contribution < -0.4 is 0 Å². The van der Waals surface area contributed by atoms with Gasteiger partial charge in [0, 0.05) is 22.3 Å². The van der Waals surface area contributed by atoms with Gasteiger partial charge in [0.2, 0.25) is 0 Å². The highest BCUT2D eigenvalue weighted by Crippen LogP contribution is 2.39. The van der Waals surface area contributed by atoms with Crippen molar-refractivity contribution in [1.82, 2.24) is 9.88 Å². The highest BCUT2D eigenvalue weighted by molar-refractivity contribution is 9.09. The van der Waals surface area contributed by atoms with E-state index in [1.807, 2.05) is 12.3 Å². The molecule has 0 N–H and O–H groups in total. The van der Waals surface area contributed by atoms with E-state index < -0.39 is 0 Å². The van der Waals surface area contributed by atoms with E-state index >= 15 is 0 Å². The topological polar surface area (TPSA) is 33.2 Å². The lowest BCUT2D eigenvalue weighted by Gasteiger charge is -2.36. The second-order valence-electron chi connectivity index (χ2n) is 4.92. The van der Waals surface area contributed by atoms with Gasteiger partial charge < -0.3 is 4.90 Å². The molecule has 2 unspecified atom stereocenters. The number of carbonyl (C=O) groups excluding carboxylic acids is 1. The Hall–Kier alpha value is -0.420. The van der Waals surface area contributed by atoms with E-state index in [9.17, 15) is 4.79 Å². The summed E-state index contributed by atoms with van der Waals surface area (Å²) < 4.78 is 0. The van der Waals surface area contributed by atoms with Crippen molar-refractivity contribution in [2.24, 2.45) is 0 Å². The van der Waals surface area contributed by atoms with E-state index in [2.05, 4.69) is 25.8 Å². The molecule has 17 heavy (non-hydrogen) atoms. The summed E-state index contributed by atoms with van der Waals surface area (Å²) in [4.78, 5) is 19.4. The first-order valence-corrected chi connectivity index (χ1v) is 7.83. The first kappa shape index (κ1) is 11.7. The van der Waals surface area contributed by atoms with Gasteiger partial charge in [0.05, 0.1) is 5.01 Å². The number of aromatic nitrogens is 1. The molecule has 92 valence electrons. The van der Waals surface area contributed by atoms with Gasteiger partial charge >= 0.3 is 0 Å². The van der Waals surface area contributed by atoms with Crippen molar-refractivity contribution in [3.63, 3.8) is 0 Å². The number of amides is 1. The molecule has 3 nitrogen and oxygen atoms in total. The van der Waals surface area contributed by atoms with Gasteiger partial charge in [0.1, 0.15) is 5.69 Å². The van der Waals surface area contributed by atoms with E-state index in [1.165, 1.54) is 0 Å². The molecular formula is C12H15BrN2OS. The number of fused-ring (bicyclic) bond motifs is 2. The van der Waals surface area contributed by atoms with Gasteiger partial charge in [-0.1, -0.05) is 15.9 Å². The number of hydrogen-bond acceptors (Lipinski definition) is 3. The van der Waals surface area contributed by atoms with Gasteiger partial charge in [0.25, 0.3) is 5.91 Å². The van der Waals surface area contributed by atoms with Crippen LogP contribution in [0.3, 0.4) is 0 Å². The van der Waals surface area contributed by atoms with Crippen LogP contribution in [0.15, 0.2) is 5.38 Å². The van der Waals surface area contributed by atoms with E-state index in [-0.39, 0.29) is 5.91 Å². The van der Waals surface area contributed by atoms with Crippen molar-refractivity contribution < 1.29 is 4.79 Å². The number of alkyl halides is 1. The molecule has 1 aromatic heterocycles.